The van der Waals surface area contributed by atoms with Crippen molar-refractivity contribution >= 4 is 16.9 Å². The number of benzene rings is 1. The molecule has 1 radical (unpaired) electrons. The molecule has 0 aliphatic heterocycles. The van der Waals surface area contributed by atoms with Crippen LogP contribution in [-0.2, 0) is 0 Å². The maximum Gasteiger partial charge on any atom is 0.249 e. The minimum absolute atomic E-state index is 0.109. The average molecular weight is 345 g/mol. The number of hydrogen-bond acceptors (Lipinski definition) is 5. The molecule has 0 atom stereocenters. The third-order valence-corrected chi connectivity index (χ3v) is 3.96. The lowest BCUT2D eigenvalue weighted by atomic mass is 9.99. The van der Waals surface area contributed by atoms with Gasteiger partial charge < -0.3 is 15.1 Å². The van der Waals surface area contributed by atoms with Gasteiger partial charge in [0.05, 0.1) is 17.1 Å². The molecule has 26 heavy (non-hydrogen) atoms. The highest BCUT2D eigenvalue weighted by Crippen LogP contribution is 2.24. The lowest BCUT2D eigenvalue weighted by molar-refractivity contribution is 0.100. The molecule has 1 amide bonds. The number of oxazole rings is 1. The monoisotopic (exact) mass is 345 g/mol. The van der Waals surface area contributed by atoms with Gasteiger partial charge in [-0.2, -0.15) is 0 Å². The normalized spacial score (nSPS) is 10.9. The fourth-order valence-corrected chi connectivity index (χ4v) is 2.79. The SMILES string of the molecule is NC(=O)c1ccnc2[nH]c(-c3ncco3)c([CH]c3ccccc3)c(=O)c12. The van der Waals surface area contributed by atoms with E-state index in [1.54, 1.807) is 6.42 Å². The van der Waals surface area contributed by atoms with Gasteiger partial charge in [-0.1, -0.05) is 30.3 Å². The number of fused-ring (bicyclic) bond motifs is 1. The number of rotatable bonds is 4. The van der Waals surface area contributed by atoms with E-state index in [0.717, 1.165) is 5.56 Å². The topological polar surface area (TPSA) is 115 Å². The quantitative estimate of drug-likeness (QED) is 0.589. The van der Waals surface area contributed by atoms with Crippen molar-refractivity contribution in [2.75, 3.05) is 0 Å². The van der Waals surface area contributed by atoms with Gasteiger partial charge in [0.2, 0.25) is 11.8 Å². The number of nitrogens with two attached hydrogens (primary N) is 1. The Labute approximate surface area is 147 Å². The van der Waals surface area contributed by atoms with Crippen LogP contribution >= 0.6 is 0 Å². The average Bonchev–Trinajstić information content (AvgIpc) is 3.18. The van der Waals surface area contributed by atoms with Gasteiger partial charge in [-0.3, -0.25) is 9.59 Å². The van der Waals surface area contributed by atoms with Crippen LogP contribution in [0.4, 0.5) is 0 Å². The van der Waals surface area contributed by atoms with E-state index in [4.69, 9.17) is 10.2 Å². The van der Waals surface area contributed by atoms with Crippen LogP contribution < -0.4 is 11.2 Å². The standard InChI is InChI=1S/C19H13N4O3/c20-17(25)12-6-7-21-18-14(12)16(24)13(10-11-4-2-1-3-5-11)15(23-18)19-22-8-9-26-19/h1-10H,(H2,20,25)(H,21,23,24). The van der Waals surface area contributed by atoms with Crippen molar-refractivity contribution in [2.45, 2.75) is 0 Å². The van der Waals surface area contributed by atoms with Crippen molar-refractivity contribution < 1.29 is 9.21 Å². The highest BCUT2D eigenvalue weighted by molar-refractivity contribution is 6.05. The van der Waals surface area contributed by atoms with Gasteiger partial charge in [0.25, 0.3) is 0 Å². The lowest BCUT2D eigenvalue weighted by Crippen LogP contribution is -2.19. The van der Waals surface area contributed by atoms with Crippen LogP contribution in [-0.4, -0.2) is 20.9 Å². The molecule has 0 aliphatic carbocycles. The lowest BCUT2D eigenvalue weighted by Gasteiger charge is -2.10. The van der Waals surface area contributed by atoms with Crippen LogP contribution in [0.1, 0.15) is 21.5 Å². The summed E-state index contributed by atoms with van der Waals surface area (Å²) in [6.45, 7) is 0. The number of pyridine rings is 2. The van der Waals surface area contributed by atoms with Gasteiger partial charge >= 0.3 is 0 Å². The molecule has 127 valence electrons. The van der Waals surface area contributed by atoms with Gasteiger partial charge in [-0.15, -0.1) is 0 Å². The molecule has 0 spiro atoms. The van der Waals surface area contributed by atoms with Crippen LogP contribution in [0.15, 0.2) is 64.3 Å². The second kappa shape index (κ2) is 6.29. The Balaban J connectivity index is 2.04. The van der Waals surface area contributed by atoms with Gasteiger partial charge in [0.1, 0.15) is 17.6 Å². The van der Waals surface area contributed by atoms with Crippen molar-refractivity contribution in [2.24, 2.45) is 5.73 Å². The molecule has 3 N–H and O–H groups in total. The van der Waals surface area contributed by atoms with Crippen LogP contribution in [0.5, 0.6) is 0 Å². The molecule has 4 rings (SSSR count). The number of hydrogen-bond donors (Lipinski definition) is 2. The minimum atomic E-state index is -0.697. The number of primary amides is 1. The predicted molar refractivity (Wildman–Crippen MR) is 95.3 cm³/mol. The van der Waals surface area contributed by atoms with Crippen molar-refractivity contribution in [3.63, 3.8) is 0 Å². The number of H-pyrrole nitrogens is 1. The number of amides is 1. The predicted octanol–water partition coefficient (Wildman–Crippen LogP) is 2.28. The Morgan fingerprint density at radius 3 is 2.62 bits per heavy atom. The number of carbonyl (C=O) groups is 1. The van der Waals surface area contributed by atoms with E-state index in [1.165, 1.54) is 24.7 Å². The maximum atomic E-state index is 13.2. The number of nitrogens with one attached hydrogen (secondary N) is 1. The zero-order valence-corrected chi connectivity index (χ0v) is 13.5. The third-order valence-electron chi connectivity index (χ3n) is 3.96. The Morgan fingerprint density at radius 2 is 1.92 bits per heavy atom. The Bertz CT molecular complexity index is 1150. The summed E-state index contributed by atoms with van der Waals surface area (Å²) in [6.07, 6.45) is 6.02. The molecule has 0 saturated carbocycles. The Kier molecular flexibility index (Phi) is 3.81. The molecule has 0 saturated heterocycles. The molecule has 4 aromatic rings. The number of aromatic nitrogens is 3. The van der Waals surface area contributed by atoms with Gasteiger partial charge in [0.15, 0.2) is 5.43 Å². The molecule has 7 heteroatoms. The molecule has 3 aromatic heterocycles. The van der Waals surface area contributed by atoms with Crippen molar-refractivity contribution in [3.8, 4) is 11.6 Å². The summed E-state index contributed by atoms with van der Waals surface area (Å²) in [7, 11) is 0. The molecular formula is C19H13N4O3. The van der Waals surface area contributed by atoms with E-state index in [1.807, 2.05) is 30.3 Å². The van der Waals surface area contributed by atoms with E-state index in [-0.39, 0.29) is 27.9 Å². The minimum Gasteiger partial charge on any atom is -0.443 e. The summed E-state index contributed by atoms with van der Waals surface area (Å²) < 4.78 is 5.36. The molecule has 7 nitrogen and oxygen atoms in total. The summed E-state index contributed by atoms with van der Waals surface area (Å²) in [6, 6.07) is 10.8. The van der Waals surface area contributed by atoms with Gasteiger partial charge in [-0.05, 0) is 11.6 Å². The van der Waals surface area contributed by atoms with E-state index in [2.05, 4.69) is 15.0 Å². The van der Waals surface area contributed by atoms with E-state index in [0.29, 0.717) is 11.3 Å². The first-order valence-electron chi connectivity index (χ1n) is 7.79. The van der Waals surface area contributed by atoms with Crippen LogP contribution in [0, 0.1) is 6.42 Å². The molecular weight excluding hydrogens is 332 g/mol. The highest BCUT2D eigenvalue weighted by atomic mass is 16.3. The fourth-order valence-electron chi connectivity index (χ4n) is 2.79. The Hall–Kier alpha value is -3.74. The smallest absolute Gasteiger partial charge is 0.249 e. The second-order valence-corrected chi connectivity index (χ2v) is 5.58. The zero-order chi connectivity index (χ0) is 18.1. The Morgan fingerprint density at radius 1 is 1.12 bits per heavy atom. The molecule has 0 fully saturated rings. The number of nitrogens with zero attached hydrogens (tertiary/aromatic N) is 2. The molecule has 3 heterocycles. The first-order chi connectivity index (χ1) is 12.6. The van der Waals surface area contributed by atoms with Crippen molar-refractivity contribution in [3.05, 3.63) is 88.4 Å². The third kappa shape index (κ3) is 2.65. The van der Waals surface area contributed by atoms with Gasteiger partial charge in [-0.25, -0.2) is 9.97 Å². The molecule has 1 aromatic carbocycles. The second-order valence-electron chi connectivity index (χ2n) is 5.58. The highest BCUT2D eigenvalue weighted by Gasteiger charge is 2.21. The zero-order valence-electron chi connectivity index (χ0n) is 13.5. The summed E-state index contributed by atoms with van der Waals surface area (Å²) in [5.74, 6) is -0.449. The van der Waals surface area contributed by atoms with E-state index < -0.39 is 5.91 Å². The summed E-state index contributed by atoms with van der Waals surface area (Å²) in [5.41, 5.74) is 6.90. The van der Waals surface area contributed by atoms with Crippen LogP contribution in [0.25, 0.3) is 22.6 Å². The van der Waals surface area contributed by atoms with Crippen LogP contribution in [0.2, 0.25) is 0 Å². The summed E-state index contributed by atoms with van der Waals surface area (Å²) >= 11 is 0. The number of aromatic amines is 1. The van der Waals surface area contributed by atoms with Crippen LogP contribution in [0.3, 0.4) is 0 Å². The molecule has 0 bridgehead atoms. The van der Waals surface area contributed by atoms with E-state index >= 15 is 0 Å². The summed E-state index contributed by atoms with van der Waals surface area (Å²) in [5, 5.41) is 0.137. The first-order valence-corrected chi connectivity index (χ1v) is 7.79. The van der Waals surface area contributed by atoms with Crippen molar-refractivity contribution in [1.29, 1.82) is 0 Å². The first kappa shape index (κ1) is 15.8. The number of carbonyl (C=O) groups excluding carboxylic acids is 1. The largest absolute Gasteiger partial charge is 0.443 e. The van der Waals surface area contributed by atoms with Gasteiger partial charge in [0, 0.05) is 18.2 Å². The van der Waals surface area contributed by atoms with Crippen molar-refractivity contribution in [1.82, 2.24) is 15.0 Å². The maximum absolute atomic E-state index is 13.2. The summed E-state index contributed by atoms with van der Waals surface area (Å²) in [4.78, 5) is 36.3. The van der Waals surface area contributed by atoms with E-state index in [9.17, 15) is 9.59 Å². The molecule has 0 aliphatic rings. The fraction of sp³-hybridized carbons (Fsp3) is 0. The molecule has 0 unspecified atom stereocenters.